The first-order valence-electron chi connectivity index (χ1n) is 10.8. The summed E-state index contributed by atoms with van der Waals surface area (Å²) < 4.78 is 21.5. The zero-order valence-electron chi connectivity index (χ0n) is 19.3. The van der Waals surface area contributed by atoms with E-state index in [2.05, 4.69) is 10.6 Å². The van der Waals surface area contributed by atoms with E-state index >= 15 is 0 Å². The van der Waals surface area contributed by atoms with Gasteiger partial charge in [-0.15, -0.1) is 0 Å². The number of hydrogen-bond acceptors (Lipinski definition) is 6. The van der Waals surface area contributed by atoms with Crippen molar-refractivity contribution in [1.29, 1.82) is 0 Å². The normalized spacial score (nSPS) is 14.7. The van der Waals surface area contributed by atoms with Crippen LogP contribution < -0.4 is 24.8 Å². The maximum Gasteiger partial charge on any atom is 0.322 e. The standard InChI is InChI=1S/C25H27N3O6/c1-31-20-8-5-4-7-18(20)27-25(30)28-11-10-16-13-22(32-2)23(33-3)14-17(16)19(28)15-26-24(29)21-9-6-12-34-21/h4-9,12-14,19H,10-11,15H2,1-3H3,(H,26,29)(H,27,30)/t19-/m0/s1. The van der Waals surface area contributed by atoms with Gasteiger partial charge in [0.25, 0.3) is 5.91 Å². The third-order valence-electron chi connectivity index (χ3n) is 5.81. The van der Waals surface area contributed by atoms with E-state index in [4.69, 9.17) is 18.6 Å². The molecule has 4 rings (SSSR count). The Morgan fingerprint density at radius 3 is 2.44 bits per heavy atom. The highest BCUT2D eigenvalue weighted by Crippen LogP contribution is 2.38. The number of furan rings is 1. The molecule has 2 aromatic carbocycles. The lowest BCUT2D eigenvalue weighted by atomic mass is 9.91. The van der Waals surface area contributed by atoms with Crippen molar-refractivity contribution in [1.82, 2.24) is 10.2 Å². The Morgan fingerprint density at radius 2 is 1.74 bits per heavy atom. The van der Waals surface area contributed by atoms with Crippen LogP contribution in [-0.4, -0.2) is 51.3 Å². The number of amides is 3. The zero-order chi connectivity index (χ0) is 24.1. The third kappa shape index (κ3) is 4.63. The summed E-state index contributed by atoms with van der Waals surface area (Å²) >= 11 is 0. The number of carbonyl (C=O) groups is 2. The Labute approximate surface area is 197 Å². The molecule has 3 aromatic rings. The van der Waals surface area contributed by atoms with Crippen molar-refractivity contribution in [2.45, 2.75) is 12.5 Å². The van der Waals surface area contributed by atoms with Gasteiger partial charge in [0, 0.05) is 13.1 Å². The van der Waals surface area contributed by atoms with Crippen molar-refractivity contribution in [3.63, 3.8) is 0 Å². The fraction of sp³-hybridized carbons (Fsp3) is 0.280. The molecule has 3 amide bonds. The summed E-state index contributed by atoms with van der Waals surface area (Å²) in [4.78, 5) is 27.6. The van der Waals surface area contributed by atoms with Gasteiger partial charge in [-0.25, -0.2) is 4.79 Å². The number of fused-ring (bicyclic) bond motifs is 1. The molecule has 9 nitrogen and oxygen atoms in total. The molecule has 1 aliphatic rings. The molecular weight excluding hydrogens is 438 g/mol. The lowest BCUT2D eigenvalue weighted by molar-refractivity contribution is 0.0909. The van der Waals surface area contributed by atoms with Gasteiger partial charge >= 0.3 is 6.03 Å². The second kappa shape index (κ2) is 10.2. The lowest BCUT2D eigenvalue weighted by Crippen LogP contribution is -2.46. The molecule has 0 unspecified atom stereocenters. The first-order valence-corrected chi connectivity index (χ1v) is 10.8. The molecular formula is C25H27N3O6. The monoisotopic (exact) mass is 465 g/mol. The van der Waals surface area contributed by atoms with Gasteiger partial charge in [0.1, 0.15) is 5.75 Å². The van der Waals surface area contributed by atoms with Gasteiger partial charge in [0.2, 0.25) is 0 Å². The number of nitrogens with one attached hydrogen (secondary N) is 2. The van der Waals surface area contributed by atoms with Crippen molar-refractivity contribution < 1.29 is 28.2 Å². The van der Waals surface area contributed by atoms with Crippen LogP contribution in [0.4, 0.5) is 10.5 Å². The number of carbonyl (C=O) groups excluding carboxylic acids is 2. The van der Waals surface area contributed by atoms with E-state index in [9.17, 15) is 9.59 Å². The molecule has 1 aromatic heterocycles. The number of hydrogen-bond donors (Lipinski definition) is 2. The predicted octanol–water partition coefficient (Wildman–Crippen LogP) is 3.87. The Balaban J connectivity index is 1.64. The third-order valence-corrected chi connectivity index (χ3v) is 5.81. The summed E-state index contributed by atoms with van der Waals surface area (Å²) in [6.45, 7) is 0.631. The first-order chi connectivity index (χ1) is 16.5. The highest BCUT2D eigenvalue weighted by atomic mass is 16.5. The largest absolute Gasteiger partial charge is 0.495 e. The van der Waals surface area contributed by atoms with Crippen LogP contribution in [0, 0.1) is 0 Å². The van der Waals surface area contributed by atoms with Gasteiger partial charge in [-0.1, -0.05) is 12.1 Å². The quantitative estimate of drug-likeness (QED) is 0.549. The Kier molecular flexibility index (Phi) is 6.91. The van der Waals surface area contributed by atoms with Crippen molar-refractivity contribution in [2.24, 2.45) is 0 Å². The molecule has 0 radical (unpaired) electrons. The van der Waals surface area contributed by atoms with E-state index in [0.29, 0.717) is 35.9 Å². The van der Waals surface area contributed by atoms with E-state index in [-0.39, 0.29) is 24.2 Å². The second-order valence-electron chi connectivity index (χ2n) is 7.68. The molecule has 0 spiro atoms. The Hall–Kier alpha value is -4.14. The van der Waals surface area contributed by atoms with Crippen LogP contribution in [0.1, 0.15) is 27.7 Å². The van der Waals surface area contributed by atoms with E-state index < -0.39 is 6.04 Å². The fourth-order valence-corrected chi connectivity index (χ4v) is 4.11. The lowest BCUT2D eigenvalue weighted by Gasteiger charge is -2.38. The predicted molar refractivity (Wildman–Crippen MR) is 126 cm³/mol. The van der Waals surface area contributed by atoms with Crippen LogP contribution in [0.3, 0.4) is 0 Å². The van der Waals surface area contributed by atoms with Gasteiger partial charge in [0.15, 0.2) is 17.3 Å². The minimum atomic E-state index is -0.447. The summed E-state index contributed by atoms with van der Waals surface area (Å²) in [5.74, 6) is 1.57. The molecule has 0 saturated carbocycles. The summed E-state index contributed by atoms with van der Waals surface area (Å²) in [5.41, 5.74) is 2.46. The highest BCUT2D eigenvalue weighted by molar-refractivity contribution is 5.92. The smallest absolute Gasteiger partial charge is 0.322 e. The first kappa shape index (κ1) is 23.0. The van der Waals surface area contributed by atoms with Crippen LogP contribution in [-0.2, 0) is 6.42 Å². The SMILES string of the molecule is COc1ccccc1NC(=O)N1CCc2cc(OC)c(OC)cc2[C@@H]1CNC(=O)c1ccco1. The second-order valence-corrected chi connectivity index (χ2v) is 7.68. The number of anilines is 1. The van der Waals surface area contributed by atoms with E-state index in [1.807, 2.05) is 24.3 Å². The van der Waals surface area contributed by atoms with Crippen molar-refractivity contribution >= 4 is 17.6 Å². The zero-order valence-corrected chi connectivity index (χ0v) is 19.3. The van der Waals surface area contributed by atoms with E-state index in [1.54, 1.807) is 50.5 Å². The molecule has 0 fully saturated rings. The number of ether oxygens (including phenoxy) is 3. The number of para-hydroxylation sites is 2. The number of rotatable bonds is 7. The average molecular weight is 466 g/mol. The highest BCUT2D eigenvalue weighted by Gasteiger charge is 2.33. The van der Waals surface area contributed by atoms with E-state index in [0.717, 1.165) is 11.1 Å². The van der Waals surface area contributed by atoms with Crippen molar-refractivity contribution in [3.8, 4) is 17.2 Å². The molecule has 178 valence electrons. The van der Waals surface area contributed by atoms with Crippen molar-refractivity contribution in [3.05, 3.63) is 71.7 Å². The van der Waals surface area contributed by atoms with Gasteiger partial charge in [-0.2, -0.15) is 0 Å². The maximum atomic E-state index is 13.4. The summed E-state index contributed by atoms with van der Waals surface area (Å²) in [7, 11) is 4.70. The fourth-order valence-electron chi connectivity index (χ4n) is 4.11. The van der Waals surface area contributed by atoms with Crippen LogP contribution in [0.2, 0.25) is 0 Å². The summed E-state index contributed by atoms with van der Waals surface area (Å²) in [6, 6.07) is 13.5. The Morgan fingerprint density at radius 1 is 1.00 bits per heavy atom. The van der Waals surface area contributed by atoms with Crippen molar-refractivity contribution in [2.75, 3.05) is 39.7 Å². The number of methoxy groups -OCH3 is 3. The van der Waals surface area contributed by atoms with Gasteiger partial charge < -0.3 is 34.2 Å². The summed E-state index contributed by atoms with van der Waals surface area (Å²) in [5, 5.41) is 5.82. The topological polar surface area (TPSA) is 102 Å². The van der Waals surface area contributed by atoms with Crippen LogP contribution in [0.5, 0.6) is 17.2 Å². The number of urea groups is 1. The number of benzene rings is 2. The molecule has 1 atom stereocenters. The van der Waals surface area contributed by atoms with Gasteiger partial charge in [-0.05, 0) is 53.9 Å². The molecule has 34 heavy (non-hydrogen) atoms. The van der Waals surface area contributed by atoms with Crippen LogP contribution in [0.15, 0.2) is 59.2 Å². The van der Waals surface area contributed by atoms with Gasteiger partial charge in [-0.3, -0.25) is 4.79 Å². The molecule has 2 N–H and O–H groups in total. The molecule has 0 aliphatic carbocycles. The Bertz CT molecular complexity index is 1160. The van der Waals surface area contributed by atoms with Crippen LogP contribution in [0.25, 0.3) is 0 Å². The maximum absolute atomic E-state index is 13.4. The summed E-state index contributed by atoms with van der Waals surface area (Å²) in [6.07, 6.45) is 2.06. The van der Waals surface area contributed by atoms with Gasteiger partial charge in [0.05, 0.1) is 39.3 Å². The molecule has 9 heteroatoms. The number of nitrogens with zero attached hydrogens (tertiary/aromatic N) is 1. The molecule has 1 aliphatic heterocycles. The van der Waals surface area contributed by atoms with Crippen LogP contribution >= 0.6 is 0 Å². The molecule has 2 heterocycles. The molecule has 0 bridgehead atoms. The molecule has 0 saturated heterocycles. The minimum Gasteiger partial charge on any atom is -0.495 e. The van der Waals surface area contributed by atoms with E-state index in [1.165, 1.54) is 6.26 Å². The average Bonchev–Trinajstić information content (AvgIpc) is 3.41. The minimum absolute atomic E-state index is 0.182.